The van der Waals surface area contributed by atoms with Crippen LogP contribution < -0.4 is 5.32 Å². The van der Waals surface area contributed by atoms with Crippen LogP contribution >= 0.6 is 0 Å². The SMILES string of the molecule is CCC(NC(=O)c1ccccc1)C(=O)O[C@H]1CCCC[C@@H]1c1ccccc1. The summed E-state index contributed by atoms with van der Waals surface area (Å²) in [4.78, 5) is 25.1. The van der Waals surface area contributed by atoms with Crippen molar-refractivity contribution >= 4 is 11.9 Å². The fraction of sp³-hybridized carbons (Fsp3) is 0.391. The zero-order valence-electron chi connectivity index (χ0n) is 15.8. The topological polar surface area (TPSA) is 55.4 Å². The van der Waals surface area contributed by atoms with Crippen LogP contribution in [0, 0.1) is 0 Å². The Morgan fingerprint density at radius 1 is 1.00 bits per heavy atom. The largest absolute Gasteiger partial charge is 0.460 e. The molecule has 0 saturated heterocycles. The first-order valence-corrected chi connectivity index (χ1v) is 9.80. The Balaban J connectivity index is 1.65. The summed E-state index contributed by atoms with van der Waals surface area (Å²) >= 11 is 0. The zero-order valence-corrected chi connectivity index (χ0v) is 15.8. The van der Waals surface area contributed by atoms with Gasteiger partial charge in [0.05, 0.1) is 0 Å². The Hall–Kier alpha value is -2.62. The molecule has 0 bridgehead atoms. The summed E-state index contributed by atoms with van der Waals surface area (Å²) in [5, 5.41) is 2.81. The molecule has 4 heteroatoms. The van der Waals surface area contributed by atoms with Crippen molar-refractivity contribution in [3.05, 3.63) is 71.8 Å². The third-order valence-corrected chi connectivity index (χ3v) is 5.23. The third-order valence-electron chi connectivity index (χ3n) is 5.23. The Kier molecular flexibility index (Phi) is 6.64. The molecule has 2 aromatic carbocycles. The van der Waals surface area contributed by atoms with Gasteiger partial charge in [-0.05, 0) is 43.4 Å². The highest BCUT2D eigenvalue weighted by molar-refractivity contribution is 5.96. The van der Waals surface area contributed by atoms with Crippen molar-refractivity contribution in [3.8, 4) is 0 Å². The summed E-state index contributed by atoms with van der Waals surface area (Å²) in [5.41, 5.74) is 1.76. The van der Waals surface area contributed by atoms with Crippen LogP contribution in [-0.2, 0) is 9.53 Å². The van der Waals surface area contributed by atoms with Gasteiger partial charge in [-0.2, -0.15) is 0 Å². The first-order valence-electron chi connectivity index (χ1n) is 9.80. The van der Waals surface area contributed by atoms with Crippen molar-refractivity contribution in [1.29, 1.82) is 0 Å². The van der Waals surface area contributed by atoms with Crippen molar-refractivity contribution in [1.82, 2.24) is 5.32 Å². The van der Waals surface area contributed by atoms with Crippen molar-refractivity contribution < 1.29 is 14.3 Å². The first-order chi connectivity index (χ1) is 13.2. The van der Waals surface area contributed by atoms with Crippen LogP contribution in [0.1, 0.15) is 60.9 Å². The molecule has 1 amide bonds. The number of benzene rings is 2. The summed E-state index contributed by atoms with van der Waals surface area (Å²) in [6.45, 7) is 1.88. The number of rotatable bonds is 6. The van der Waals surface area contributed by atoms with E-state index in [0.29, 0.717) is 12.0 Å². The highest BCUT2D eigenvalue weighted by atomic mass is 16.5. The predicted molar refractivity (Wildman–Crippen MR) is 106 cm³/mol. The van der Waals surface area contributed by atoms with Crippen molar-refractivity contribution in [2.24, 2.45) is 0 Å². The molecule has 1 unspecified atom stereocenters. The van der Waals surface area contributed by atoms with Crippen LogP contribution in [0.2, 0.25) is 0 Å². The van der Waals surface area contributed by atoms with Crippen molar-refractivity contribution in [2.45, 2.75) is 57.1 Å². The molecule has 0 heterocycles. The molecule has 1 fully saturated rings. The highest BCUT2D eigenvalue weighted by Gasteiger charge is 2.32. The van der Waals surface area contributed by atoms with Gasteiger partial charge in [0.1, 0.15) is 12.1 Å². The molecule has 142 valence electrons. The average Bonchev–Trinajstić information content (AvgIpc) is 2.73. The Labute approximate surface area is 160 Å². The maximum Gasteiger partial charge on any atom is 0.328 e. The molecule has 1 aliphatic rings. The third kappa shape index (κ3) is 4.97. The van der Waals surface area contributed by atoms with Crippen LogP contribution in [0.3, 0.4) is 0 Å². The summed E-state index contributed by atoms with van der Waals surface area (Å²) < 4.78 is 5.89. The maximum atomic E-state index is 12.7. The van der Waals surface area contributed by atoms with E-state index in [0.717, 1.165) is 25.7 Å². The molecule has 0 spiro atoms. The van der Waals surface area contributed by atoms with Gasteiger partial charge in [0.2, 0.25) is 0 Å². The smallest absolute Gasteiger partial charge is 0.328 e. The molecular formula is C23H27NO3. The molecule has 1 N–H and O–H groups in total. The molecule has 0 aliphatic heterocycles. The fourth-order valence-corrected chi connectivity index (χ4v) is 3.71. The monoisotopic (exact) mass is 365 g/mol. The van der Waals surface area contributed by atoms with Crippen LogP contribution in [0.5, 0.6) is 0 Å². The normalized spacial score (nSPS) is 20.5. The minimum absolute atomic E-state index is 0.128. The molecule has 1 saturated carbocycles. The van der Waals surface area contributed by atoms with E-state index in [1.165, 1.54) is 5.56 Å². The van der Waals surface area contributed by atoms with Gasteiger partial charge in [0.25, 0.3) is 5.91 Å². The van der Waals surface area contributed by atoms with E-state index in [4.69, 9.17) is 4.74 Å². The molecule has 27 heavy (non-hydrogen) atoms. The van der Waals surface area contributed by atoms with E-state index in [1.807, 2.05) is 31.2 Å². The maximum absolute atomic E-state index is 12.7. The van der Waals surface area contributed by atoms with Crippen LogP contribution in [0.25, 0.3) is 0 Å². The number of hydrogen-bond acceptors (Lipinski definition) is 3. The van der Waals surface area contributed by atoms with E-state index < -0.39 is 6.04 Å². The molecule has 2 aromatic rings. The molecular weight excluding hydrogens is 338 g/mol. The lowest BCUT2D eigenvalue weighted by Crippen LogP contribution is -2.43. The minimum atomic E-state index is -0.629. The standard InChI is InChI=1S/C23H27NO3/c1-2-20(24-22(25)18-13-7-4-8-14-18)23(26)27-21-16-10-9-15-19(21)17-11-5-3-6-12-17/h3-8,11-14,19-21H,2,9-10,15-16H2,1H3,(H,24,25)/t19-,20?,21+/m1/s1. The number of nitrogens with one attached hydrogen (secondary N) is 1. The number of hydrogen-bond donors (Lipinski definition) is 1. The van der Waals surface area contributed by atoms with E-state index in [2.05, 4.69) is 17.4 Å². The Morgan fingerprint density at radius 2 is 1.63 bits per heavy atom. The van der Waals surface area contributed by atoms with Gasteiger partial charge < -0.3 is 10.1 Å². The van der Waals surface area contributed by atoms with Crippen molar-refractivity contribution in [3.63, 3.8) is 0 Å². The second-order valence-corrected chi connectivity index (χ2v) is 7.08. The minimum Gasteiger partial charge on any atom is -0.460 e. The number of ether oxygens (including phenoxy) is 1. The van der Waals surface area contributed by atoms with Crippen molar-refractivity contribution in [2.75, 3.05) is 0 Å². The lowest BCUT2D eigenvalue weighted by Gasteiger charge is -2.32. The number of carbonyl (C=O) groups is 2. The van der Waals surface area contributed by atoms with E-state index in [-0.39, 0.29) is 23.9 Å². The molecule has 0 radical (unpaired) electrons. The van der Waals surface area contributed by atoms with Gasteiger partial charge in [0.15, 0.2) is 0 Å². The molecule has 3 atom stereocenters. The van der Waals surface area contributed by atoms with Gasteiger partial charge in [-0.15, -0.1) is 0 Å². The highest BCUT2D eigenvalue weighted by Crippen LogP contribution is 2.35. The fourth-order valence-electron chi connectivity index (χ4n) is 3.71. The summed E-state index contributed by atoms with van der Waals surface area (Å²) in [6.07, 6.45) is 4.48. The van der Waals surface area contributed by atoms with E-state index in [9.17, 15) is 9.59 Å². The Morgan fingerprint density at radius 3 is 2.30 bits per heavy atom. The zero-order chi connectivity index (χ0) is 19.1. The number of amides is 1. The van der Waals surface area contributed by atoms with Crippen LogP contribution in [0.15, 0.2) is 60.7 Å². The van der Waals surface area contributed by atoms with Gasteiger partial charge in [-0.1, -0.05) is 61.9 Å². The average molecular weight is 365 g/mol. The van der Waals surface area contributed by atoms with Gasteiger partial charge in [-0.3, -0.25) is 4.79 Å². The first kappa shape index (κ1) is 19.2. The second kappa shape index (κ2) is 9.36. The lowest BCUT2D eigenvalue weighted by molar-refractivity contribution is -0.154. The quantitative estimate of drug-likeness (QED) is 0.769. The number of carbonyl (C=O) groups excluding carboxylic acids is 2. The lowest BCUT2D eigenvalue weighted by atomic mass is 9.81. The predicted octanol–water partition coefficient (Wildman–Crippen LogP) is 4.46. The molecule has 0 aromatic heterocycles. The van der Waals surface area contributed by atoms with Gasteiger partial charge in [0, 0.05) is 11.5 Å². The summed E-state index contributed by atoms with van der Waals surface area (Å²) in [7, 11) is 0. The Bertz CT molecular complexity index is 745. The van der Waals surface area contributed by atoms with Gasteiger partial charge in [-0.25, -0.2) is 4.79 Å². The van der Waals surface area contributed by atoms with E-state index >= 15 is 0 Å². The van der Waals surface area contributed by atoms with Crippen LogP contribution in [0.4, 0.5) is 0 Å². The van der Waals surface area contributed by atoms with E-state index in [1.54, 1.807) is 24.3 Å². The number of esters is 1. The second-order valence-electron chi connectivity index (χ2n) is 7.08. The molecule has 1 aliphatic carbocycles. The van der Waals surface area contributed by atoms with Gasteiger partial charge >= 0.3 is 5.97 Å². The summed E-state index contributed by atoms with van der Waals surface area (Å²) in [5.74, 6) is -0.358. The molecule has 3 rings (SSSR count). The van der Waals surface area contributed by atoms with Crippen LogP contribution in [-0.4, -0.2) is 24.0 Å². The summed E-state index contributed by atoms with van der Waals surface area (Å²) in [6, 6.07) is 18.6. The molecule has 4 nitrogen and oxygen atoms in total.